The molecule has 1 aliphatic rings. The van der Waals surface area contributed by atoms with Crippen molar-refractivity contribution in [2.75, 3.05) is 23.7 Å². The molecule has 128 valence electrons. The molecule has 1 saturated heterocycles. The molecule has 0 spiro atoms. The van der Waals surface area contributed by atoms with Gasteiger partial charge in [0.25, 0.3) is 0 Å². The second kappa shape index (κ2) is 9.53. The van der Waals surface area contributed by atoms with Gasteiger partial charge in [-0.2, -0.15) is 0 Å². The summed E-state index contributed by atoms with van der Waals surface area (Å²) in [6, 6.07) is 5.58. The lowest BCUT2D eigenvalue weighted by Crippen LogP contribution is -2.30. The van der Waals surface area contributed by atoms with E-state index in [1.54, 1.807) is 0 Å². The predicted octanol–water partition coefficient (Wildman–Crippen LogP) is 3.09. The number of carbonyl (C=O) groups excluding carboxylic acids is 2. The highest BCUT2D eigenvalue weighted by Crippen LogP contribution is 2.22. The van der Waals surface area contributed by atoms with E-state index in [0.29, 0.717) is 18.8 Å². The zero-order valence-corrected chi connectivity index (χ0v) is 14.6. The molecule has 5 nitrogen and oxygen atoms in total. The molecule has 0 saturated carbocycles. The van der Waals surface area contributed by atoms with E-state index in [0.717, 1.165) is 42.9 Å². The highest BCUT2D eigenvalue weighted by Gasteiger charge is 2.17. The van der Waals surface area contributed by atoms with E-state index >= 15 is 0 Å². The molecule has 1 fully saturated rings. The molecule has 0 bridgehead atoms. The minimum Gasteiger partial charge on any atom is -0.326 e. The van der Waals surface area contributed by atoms with E-state index in [1.165, 1.54) is 0 Å². The van der Waals surface area contributed by atoms with Crippen molar-refractivity contribution in [3.05, 3.63) is 23.8 Å². The van der Waals surface area contributed by atoms with Gasteiger partial charge in [-0.3, -0.25) is 9.59 Å². The summed E-state index contributed by atoms with van der Waals surface area (Å²) in [5, 5.41) is 9.10. The molecule has 1 aromatic carbocycles. The maximum Gasteiger partial charge on any atom is 0.224 e. The summed E-state index contributed by atoms with van der Waals surface area (Å²) in [4.78, 5) is 23.7. The van der Waals surface area contributed by atoms with Crippen LogP contribution >= 0.6 is 12.4 Å². The summed E-state index contributed by atoms with van der Waals surface area (Å²) < 4.78 is 0. The Morgan fingerprint density at radius 1 is 1.17 bits per heavy atom. The molecule has 1 aromatic rings. The number of amides is 2. The standard InChI is InChI=1S/C17H25N3O2.ClH/c1-3-16(21)19-14-5-4-12(2)15(11-14)20-17(22)10-13-6-8-18-9-7-13;/h4-5,11,13,18H,3,6-10H2,1-2H3,(H,19,21)(H,20,22);1H. The van der Waals surface area contributed by atoms with Gasteiger partial charge < -0.3 is 16.0 Å². The molecule has 0 aliphatic carbocycles. The second-order valence-corrected chi connectivity index (χ2v) is 5.88. The molecule has 6 heteroatoms. The van der Waals surface area contributed by atoms with Gasteiger partial charge in [-0.05, 0) is 56.5 Å². The maximum absolute atomic E-state index is 12.2. The monoisotopic (exact) mass is 339 g/mol. The summed E-state index contributed by atoms with van der Waals surface area (Å²) in [5.41, 5.74) is 2.48. The molecule has 3 N–H and O–H groups in total. The number of halogens is 1. The lowest BCUT2D eigenvalue weighted by atomic mass is 9.94. The van der Waals surface area contributed by atoms with Crippen LogP contribution in [0, 0.1) is 12.8 Å². The maximum atomic E-state index is 12.2. The number of anilines is 2. The van der Waals surface area contributed by atoms with Gasteiger partial charge in [-0.25, -0.2) is 0 Å². The number of benzene rings is 1. The lowest BCUT2D eigenvalue weighted by molar-refractivity contribution is -0.117. The fraction of sp³-hybridized carbons (Fsp3) is 0.529. The summed E-state index contributed by atoms with van der Waals surface area (Å²) in [6.45, 7) is 5.75. The van der Waals surface area contributed by atoms with E-state index in [-0.39, 0.29) is 24.2 Å². The highest BCUT2D eigenvalue weighted by molar-refractivity contribution is 5.94. The lowest BCUT2D eigenvalue weighted by Gasteiger charge is -2.22. The van der Waals surface area contributed by atoms with Crippen molar-refractivity contribution in [3.63, 3.8) is 0 Å². The van der Waals surface area contributed by atoms with Crippen molar-refractivity contribution >= 4 is 35.6 Å². The third-order valence-electron chi connectivity index (χ3n) is 4.05. The molecular weight excluding hydrogens is 314 g/mol. The summed E-state index contributed by atoms with van der Waals surface area (Å²) in [7, 11) is 0. The third-order valence-corrected chi connectivity index (χ3v) is 4.05. The molecule has 1 aliphatic heterocycles. The predicted molar refractivity (Wildman–Crippen MR) is 96.2 cm³/mol. The van der Waals surface area contributed by atoms with Gasteiger partial charge in [-0.1, -0.05) is 13.0 Å². The normalized spacial score (nSPS) is 14.7. The quantitative estimate of drug-likeness (QED) is 0.772. The number of aryl methyl sites for hydroxylation is 1. The first kappa shape index (κ1) is 19.5. The first-order valence-electron chi connectivity index (χ1n) is 7.99. The van der Waals surface area contributed by atoms with Crippen LogP contribution in [0.1, 0.15) is 38.2 Å². The Bertz CT molecular complexity index is 543. The van der Waals surface area contributed by atoms with E-state index < -0.39 is 0 Å². The van der Waals surface area contributed by atoms with Crippen molar-refractivity contribution < 1.29 is 9.59 Å². The van der Waals surface area contributed by atoms with Crippen LogP contribution in [0.2, 0.25) is 0 Å². The van der Waals surface area contributed by atoms with Gasteiger partial charge in [0.2, 0.25) is 11.8 Å². The third kappa shape index (κ3) is 6.20. The minimum atomic E-state index is -0.0316. The van der Waals surface area contributed by atoms with Gasteiger partial charge in [0, 0.05) is 24.2 Å². The van der Waals surface area contributed by atoms with Gasteiger partial charge in [0.15, 0.2) is 0 Å². The average Bonchev–Trinajstić information content (AvgIpc) is 2.51. The van der Waals surface area contributed by atoms with Gasteiger partial charge in [0.1, 0.15) is 0 Å². The molecule has 0 aromatic heterocycles. The van der Waals surface area contributed by atoms with Gasteiger partial charge >= 0.3 is 0 Å². The molecule has 2 rings (SSSR count). The van der Waals surface area contributed by atoms with Crippen LogP contribution < -0.4 is 16.0 Å². The first-order valence-corrected chi connectivity index (χ1v) is 7.99. The topological polar surface area (TPSA) is 70.2 Å². The van der Waals surface area contributed by atoms with E-state index in [2.05, 4.69) is 16.0 Å². The van der Waals surface area contributed by atoms with Crippen LogP contribution in [0.3, 0.4) is 0 Å². The molecular formula is C17H26ClN3O2. The molecule has 23 heavy (non-hydrogen) atoms. The van der Waals surface area contributed by atoms with Crippen LogP contribution in [0.5, 0.6) is 0 Å². The van der Waals surface area contributed by atoms with E-state index in [4.69, 9.17) is 0 Å². The molecule has 2 amide bonds. The Labute approximate surface area is 144 Å². The van der Waals surface area contributed by atoms with Gasteiger partial charge in [-0.15, -0.1) is 12.4 Å². The first-order chi connectivity index (χ1) is 10.6. The molecule has 0 atom stereocenters. The van der Waals surface area contributed by atoms with Gasteiger partial charge in [0.05, 0.1) is 0 Å². The second-order valence-electron chi connectivity index (χ2n) is 5.88. The fourth-order valence-electron chi connectivity index (χ4n) is 2.63. The smallest absolute Gasteiger partial charge is 0.224 e. The van der Waals surface area contributed by atoms with E-state index in [9.17, 15) is 9.59 Å². The SMILES string of the molecule is CCC(=O)Nc1ccc(C)c(NC(=O)CC2CCNCC2)c1.Cl. The Kier molecular flexibility index (Phi) is 8.06. The Morgan fingerprint density at radius 3 is 2.52 bits per heavy atom. The number of nitrogens with one attached hydrogen (secondary N) is 3. The van der Waals surface area contributed by atoms with Crippen LogP contribution in [0.4, 0.5) is 11.4 Å². The summed E-state index contributed by atoms with van der Waals surface area (Å²) in [5.74, 6) is 0.481. The van der Waals surface area contributed by atoms with Crippen molar-refractivity contribution in [2.24, 2.45) is 5.92 Å². The molecule has 0 unspecified atom stereocenters. The summed E-state index contributed by atoms with van der Waals surface area (Å²) in [6.07, 6.45) is 3.11. The van der Waals surface area contributed by atoms with Crippen molar-refractivity contribution in [1.29, 1.82) is 0 Å². The number of piperidine rings is 1. The van der Waals surface area contributed by atoms with E-state index in [1.807, 2.05) is 32.0 Å². The van der Waals surface area contributed by atoms with Crippen LogP contribution in [-0.4, -0.2) is 24.9 Å². The number of rotatable bonds is 5. The van der Waals surface area contributed by atoms with Crippen LogP contribution in [-0.2, 0) is 9.59 Å². The largest absolute Gasteiger partial charge is 0.326 e. The zero-order valence-electron chi connectivity index (χ0n) is 13.8. The molecule has 0 radical (unpaired) electrons. The Morgan fingerprint density at radius 2 is 1.87 bits per heavy atom. The number of hydrogen-bond acceptors (Lipinski definition) is 3. The van der Waals surface area contributed by atoms with Crippen LogP contribution in [0.25, 0.3) is 0 Å². The molecule has 1 heterocycles. The van der Waals surface area contributed by atoms with Crippen LogP contribution in [0.15, 0.2) is 18.2 Å². The summed E-state index contributed by atoms with van der Waals surface area (Å²) >= 11 is 0. The Balaban J connectivity index is 0.00000264. The average molecular weight is 340 g/mol. The zero-order chi connectivity index (χ0) is 15.9. The Hall–Kier alpha value is -1.59. The van der Waals surface area contributed by atoms with Crippen molar-refractivity contribution in [3.8, 4) is 0 Å². The van der Waals surface area contributed by atoms with Crippen molar-refractivity contribution in [1.82, 2.24) is 5.32 Å². The number of carbonyl (C=O) groups is 2. The number of hydrogen-bond donors (Lipinski definition) is 3. The highest BCUT2D eigenvalue weighted by atomic mass is 35.5. The van der Waals surface area contributed by atoms with Crippen molar-refractivity contribution in [2.45, 2.75) is 39.5 Å². The minimum absolute atomic E-state index is 0. The fourth-order valence-corrected chi connectivity index (χ4v) is 2.63.